The van der Waals surface area contributed by atoms with Crippen molar-refractivity contribution in [1.82, 2.24) is 5.43 Å². The van der Waals surface area contributed by atoms with Gasteiger partial charge in [-0.05, 0) is 37.0 Å². The van der Waals surface area contributed by atoms with E-state index in [4.69, 9.17) is 5.84 Å². The fourth-order valence-electron chi connectivity index (χ4n) is 3.83. The fraction of sp³-hybridized carbons (Fsp3) is 1.00. The molecule has 4 atom stereocenters. The van der Waals surface area contributed by atoms with Gasteiger partial charge in [0.25, 0.3) is 0 Å². The Bertz CT molecular complexity index is 268. The highest BCUT2D eigenvalue weighted by molar-refractivity contribution is 14.1. The van der Waals surface area contributed by atoms with Crippen molar-refractivity contribution in [2.45, 2.75) is 89.0 Å². The van der Waals surface area contributed by atoms with Crippen LogP contribution in [0.4, 0.5) is 0 Å². The van der Waals surface area contributed by atoms with E-state index in [1.54, 1.807) is 0 Å². The summed E-state index contributed by atoms with van der Waals surface area (Å²) < 4.78 is 0.835. The Labute approximate surface area is 140 Å². The predicted molar refractivity (Wildman–Crippen MR) is 98.0 cm³/mol. The second-order valence-electron chi connectivity index (χ2n) is 7.47. The number of rotatable bonds is 7. The first-order chi connectivity index (χ1) is 9.42. The van der Waals surface area contributed by atoms with Crippen molar-refractivity contribution in [2.24, 2.45) is 23.1 Å². The Hall–Kier alpha value is 0.650. The van der Waals surface area contributed by atoms with Gasteiger partial charge in [0.05, 0.1) is 0 Å². The van der Waals surface area contributed by atoms with Gasteiger partial charge < -0.3 is 0 Å². The third kappa shape index (κ3) is 5.45. The number of hydrazine groups is 1. The average molecular weight is 394 g/mol. The molecule has 1 saturated carbocycles. The zero-order chi connectivity index (χ0) is 15.2. The van der Waals surface area contributed by atoms with E-state index in [0.29, 0.717) is 11.5 Å². The summed E-state index contributed by atoms with van der Waals surface area (Å²) in [6.45, 7) is 9.52. The third-order valence-corrected chi connectivity index (χ3v) is 7.95. The molecule has 0 aromatic rings. The van der Waals surface area contributed by atoms with E-state index >= 15 is 0 Å². The molecule has 0 heterocycles. The molecule has 1 rings (SSSR count). The highest BCUT2D eigenvalue weighted by atomic mass is 127. The molecule has 120 valence electrons. The first-order valence-corrected chi connectivity index (χ1v) is 9.77. The van der Waals surface area contributed by atoms with E-state index in [2.05, 4.69) is 55.7 Å². The molecule has 0 radical (unpaired) electrons. The number of halogens is 1. The number of nitrogens with two attached hydrogens (primary N) is 1. The quantitative estimate of drug-likeness (QED) is 0.158. The maximum Gasteiger partial charge on any atom is 0.0191 e. The van der Waals surface area contributed by atoms with Gasteiger partial charge in [-0.1, -0.05) is 81.9 Å². The molecule has 3 heteroatoms. The van der Waals surface area contributed by atoms with Crippen molar-refractivity contribution in [2.75, 3.05) is 0 Å². The van der Waals surface area contributed by atoms with Crippen LogP contribution in [0.1, 0.15) is 79.1 Å². The van der Waals surface area contributed by atoms with Gasteiger partial charge >= 0.3 is 0 Å². The summed E-state index contributed by atoms with van der Waals surface area (Å²) in [6, 6.07) is 0.461. The lowest BCUT2D eigenvalue weighted by Gasteiger charge is -2.36. The zero-order valence-electron chi connectivity index (χ0n) is 13.9. The van der Waals surface area contributed by atoms with E-state index in [0.717, 1.165) is 15.8 Å². The summed E-state index contributed by atoms with van der Waals surface area (Å²) in [6.07, 6.45) is 10.9. The lowest BCUT2D eigenvalue weighted by atomic mass is 9.76. The monoisotopic (exact) mass is 394 g/mol. The Morgan fingerprint density at radius 3 is 2.65 bits per heavy atom. The van der Waals surface area contributed by atoms with E-state index in [1.807, 2.05) is 0 Å². The summed E-state index contributed by atoms with van der Waals surface area (Å²) in [5.74, 6) is 7.32. The summed E-state index contributed by atoms with van der Waals surface area (Å²) >= 11 is 2.75. The Kier molecular flexibility index (Phi) is 8.36. The number of unbranched alkanes of at least 4 members (excludes halogenated alkanes) is 1. The van der Waals surface area contributed by atoms with Gasteiger partial charge in [0, 0.05) is 9.97 Å². The molecule has 20 heavy (non-hydrogen) atoms. The number of alkyl halides is 1. The molecule has 0 bridgehead atoms. The van der Waals surface area contributed by atoms with Crippen molar-refractivity contribution >= 4 is 22.6 Å². The molecule has 1 aliphatic carbocycles. The molecule has 0 aromatic carbocycles. The van der Waals surface area contributed by atoms with Crippen LogP contribution in [0.15, 0.2) is 0 Å². The fourth-order valence-corrected chi connectivity index (χ4v) is 5.24. The lowest BCUT2D eigenvalue weighted by Crippen LogP contribution is -2.33. The van der Waals surface area contributed by atoms with Gasteiger partial charge in [-0.15, -0.1) is 0 Å². The molecule has 2 nitrogen and oxygen atoms in total. The van der Waals surface area contributed by atoms with E-state index in [-0.39, 0.29) is 0 Å². The van der Waals surface area contributed by atoms with Crippen LogP contribution in [0.5, 0.6) is 0 Å². The molecule has 1 fully saturated rings. The highest BCUT2D eigenvalue weighted by Crippen LogP contribution is 2.47. The second kappa shape index (κ2) is 8.94. The van der Waals surface area contributed by atoms with Crippen molar-refractivity contribution in [3.63, 3.8) is 0 Å². The molecule has 3 unspecified atom stereocenters. The van der Waals surface area contributed by atoms with Crippen LogP contribution in [0.3, 0.4) is 0 Å². The number of hydrogen-bond donors (Lipinski definition) is 2. The first-order valence-electron chi connectivity index (χ1n) is 8.52. The van der Waals surface area contributed by atoms with Crippen molar-refractivity contribution in [3.8, 4) is 0 Å². The summed E-state index contributed by atoms with van der Waals surface area (Å²) in [4.78, 5) is 0. The molecule has 3 N–H and O–H groups in total. The Morgan fingerprint density at radius 2 is 2.05 bits per heavy atom. The van der Waals surface area contributed by atoms with E-state index in [1.165, 1.54) is 51.4 Å². The van der Waals surface area contributed by atoms with Crippen molar-refractivity contribution in [1.29, 1.82) is 0 Å². The number of hydrogen-bond acceptors (Lipinski definition) is 2. The van der Waals surface area contributed by atoms with Crippen LogP contribution in [0, 0.1) is 17.3 Å². The van der Waals surface area contributed by atoms with Crippen LogP contribution in [0.2, 0.25) is 0 Å². The van der Waals surface area contributed by atoms with Crippen LogP contribution < -0.4 is 11.3 Å². The Morgan fingerprint density at radius 1 is 1.35 bits per heavy atom. The lowest BCUT2D eigenvalue weighted by molar-refractivity contribution is 0.237. The maximum absolute atomic E-state index is 5.46. The molecule has 0 aliphatic heterocycles. The molecule has 1 aliphatic rings. The van der Waals surface area contributed by atoms with Gasteiger partial charge in [-0.2, -0.15) is 0 Å². The Balaban J connectivity index is 2.47. The third-order valence-electron chi connectivity index (χ3n) is 5.34. The SMILES string of the molecule is CCC1C(CCCCC(C)NN)CCCC(C)(C)[C@@H]1I. The van der Waals surface area contributed by atoms with Crippen LogP contribution in [0.25, 0.3) is 0 Å². The van der Waals surface area contributed by atoms with Crippen LogP contribution in [-0.2, 0) is 0 Å². The second-order valence-corrected chi connectivity index (χ2v) is 8.81. The molecule has 0 aromatic heterocycles. The molecular weight excluding hydrogens is 359 g/mol. The molecule has 0 saturated heterocycles. The minimum atomic E-state index is 0.461. The summed E-state index contributed by atoms with van der Waals surface area (Å²) in [5, 5.41) is 0. The number of nitrogens with one attached hydrogen (secondary N) is 1. The largest absolute Gasteiger partial charge is 0.271 e. The topological polar surface area (TPSA) is 38.0 Å². The van der Waals surface area contributed by atoms with E-state index in [9.17, 15) is 0 Å². The van der Waals surface area contributed by atoms with Crippen LogP contribution in [-0.4, -0.2) is 9.97 Å². The average Bonchev–Trinajstić information content (AvgIpc) is 2.52. The molecular formula is C17H35IN2. The standard InChI is InChI=1S/C17H35IN2/c1-5-15-14(10-7-6-9-13(2)20-19)11-8-12-17(3,4)16(15)18/h13-16,20H,5-12,19H2,1-4H3/t13?,14?,15?,16-/m1/s1. The zero-order valence-corrected chi connectivity index (χ0v) is 16.1. The van der Waals surface area contributed by atoms with Crippen molar-refractivity contribution < 1.29 is 0 Å². The maximum atomic E-state index is 5.46. The van der Waals surface area contributed by atoms with Crippen LogP contribution >= 0.6 is 22.6 Å². The molecule has 0 amide bonds. The van der Waals surface area contributed by atoms with E-state index < -0.39 is 0 Å². The minimum Gasteiger partial charge on any atom is -0.271 e. The van der Waals surface area contributed by atoms with Gasteiger partial charge in [0.15, 0.2) is 0 Å². The van der Waals surface area contributed by atoms with Gasteiger partial charge in [-0.3, -0.25) is 11.3 Å². The van der Waals surface area contributed by atoms with Gasteiger partial charge in [-0.25, -0.2) is 0 Å². The smallest absolute Gasteiger partial charge is 0.0191 e. The predicted octanol–water partition coefficient (Wildman–Crippen LogP) is 5.05. The highest BCUT2D eigenvalue weighted by Gasteiger charge is 2.38. The minimum absolute atomic E-state index is 0.461. The van der Waals surface area contributed by atoms with Gasteiger partial charge in [0.1, 0.15) is 0 Å². The molecule has 0 spiro atoms. The summed E-state index contributed by atoms with van der Waals surface area (Å²) in [5.41, 5.74) is 3.37. The normalized spacial score (nSPS) is 31.8. The first kappa shape index (κ1) is 18.7. The van der Waals surface area contributed by atoms with Gasteiger partial charge in [0.2, 0.25) is 0 Å². The summed E-state index contributed by atoms with van der Waals surface area (Å²) in [7, 11) is 0. The van der Waals surface area contributed by atoms with Crippen molar-refractivity contribution in [3.05, 3.63) is 0 Å².